The summed E-state index contributed by atoms with van der Waals surface area (Å²) in [6.07, 6.45) is 1.87. The third-order valence-corrected chi connectivity index (χ3v) is 4.93. The van der Waals surface area contributed by atoms with Gasteiger partial charge in [-0.1, -0.05) is 103 Å². The summed E-state index contributed by atoms with van der Waals surface area (Å²) in [5.41, 5.74) is 5.92. The number of nitrogens with zero attached hydrogens (tertiary/aromatic N) is 2. The molecule has 0 N–H and O–H groups in total. The average Bonchev–Trinajstić information content (AvgIpc) is 2.79. The van der Waals surface area contributed by atoms with E-state index in [1.165, 1.54) is 10.8 Å². The molecule has 0 saturated heterocycles. The second-order valence-electron chi connectivity index (χ2n) is 6.71. The molecule has 2 heteroatoms. The van der Waals surface area contributed by atoms with Crippen LogP contribution in [0.3, 0.4) is 0 Å². The lowest BCUT2D eigenvalue weighted by molar-refractivity contribution is 1.21. The van der Waals surface area contributed by atoms with E-state index in [-0.39, 0.29) is 0 Å². The summed E-state index contributed by atoms with van der Waals surface area (Å²) in [6, 6.07) is 35.2. The number of hydrogen-bond donors (Lipinski definition) is 0. The van der Waals surface area contributed by atoms with Gasteiger partial charge in [0.25, 0.3) is 0 Å². The first-order valence-electron chi connectivity index (χ1n) is 9.36. The van der Waals surface area contributed by atoms with Crippen molar-refractivity contribution in [2.45, 2.75) is 0 Å². The molecule has 4 aromatic carbocycles. The van der Waals surface area contributed by atoms with Gasteiger partial charge in [-0.3, -0.25) is 4.98 Å². The SMILES string of the molecule is c1ccc(-c2cnc(-c3ccccc3)c(-c3cccc4ccccc34)n2)cc1. The Labute approximate surface area is 164 Å². The fraction of sp³-hybridized carbons (Fsp3) is 0. The Bertz CT molecular complexity index is 1240. The van der Waals surface area contributed by atoms with Crippen molar-refractivity contribution in [2.75, 3.05) is 0 Å². The number of rotatable bonds is 3. The maximum absolute atomic E-state index is 5.08. The number of aromatic nitrogens is 2. The molecule has 0 amide bonds. The first-order chi connectivity index (χ1) is 13.9. The summed E-state index contributed by atoms with van der Waals surface area (Å²) in [5.74, 6) is 0. The van der Waals surface area contributed by atoms with Crippen LogP contribution in [0.1, 0.15) is 0 Å². The van der Waals surface area contributed by atoms with Crippen LogP contribution < -0.4 is 0 Å². The first-order valence-corrected chi connectivity index (χ1v) is 9.36. The smallest absolute Gasteiger partial charge is 0.0979 e. The maximum Gasteiger partial charge on any atom is 0.0979 e. The van der Waals surface area contributed by atoms with E-state index in [9.17, 15) is 0 Å². The van der Waals surface area contributed by atoms with Crippen molar-refractivity contribution < 1.29 is 0 Å². The largest absolute Gasteiger partial charge is 0.252 e. The molecule has 0 spiro atoms. The predicted octanol–water partition coefficient (Wildman–Crippen LogP) is 6.63. The van der Waals surface area contributed by atoms with Crippen LogP contribution in [0, 0.1) is 0 Å². The summed E-state index contributed by atoms with van der Waals surface area (Å²) in [4.78, 5) is 9.92. The van der Waals surface area contributed by atoms with Crippen molar-refractivity contribution in [3.05, 3.63) is 109 Å². The molecule has 28 heavy (non-hydrogen) atoms. The van der Waals surface area contributed by atoms with Gasteiger partial charge in [0, 0.05) is 16.7 Å². The highest BCUT2D eigenvalue weighted by atomic mass is 14.8. The summed E-state index contributed by atoms with van der Waals surface area (Å²) in [6.45, 7) is 0. The third kappa shape index (κ3) is 2.95. The molecule has 0 radical (unpaired) electrons. The topological polar surface area (TPSA) is 25.8 Å². The van der Waals surface area contributed by atoms with E-state index in [2.05, 4.69) is 66.7 Å². The van der Waals surface area contributed by atoms with Crippen LogP contribution >= 0.6 is 0 Å². The average molecular weight is 358 g/mol. The van der Waals surface area contributed by atoms with Crippen LogP contribution in [-0.2, 0) is 0 Å². The summed E-state index contributed by atoms with van der Waals surface area (Å²) in [5, 5.41) is 2.38. The Kier molecular flexibility index (Phi) is 4.15. The number of benzene rings is 4. The minimum atomic E-state index is 0.878. The fourth-order valence-corrected chi connectivity index (χ4v) is 3.56. The molecule has 0 unspecified atom stereocenters. The van der Waals surface area contributed by atoms with Gasteiger partial charge in [0.05, 0.1) is 23.3 Å². The van der Waals surface area contributed by atoms with Gasteiger partial charge in [0.15, 0.2) is 0 Å². The van der Waals surface area contributed by atoms with Crippen LogP contribution in [0.4, 0.5) is 0 Å². The normalized spacial score (nSPS) is 10.9. The van der Waals surface area contributed by atoms with Crippen molar-refractivity contribution >= 4 is 10.8 Å². The molecule has 132 valence electrons. The molecular formula is C26H18N2. The highest BCUT2D eigenvalue weighted by Gasteiger charge is 2.15. The summed E-state index contributed by atoms with van der Waals surface area (Å²) < 4.78 is 0. The molecule has 5 rings (SSSR count). The van der Waals surface area contributed by atoms with Gasteiger partial charge in [0.2, 0.25) is 0 Å². The molecule has 0 aliphatic heterocycles. The van der Waals surface area contributed by atoms with Crippen molar-refractivity contribution in [3.63, 3.8) is 0 Å². The second-order valence-corrected chi connectivity index (χ2v) is 6.71. The van der Waals surface area contributed by atoms with Gasteiger partial charge < -0.3 is 0 Å². The molecule has 0 atom stereocenters. The maximum atomic E-state index is 5.08. The molecule has 2 nitrogen and oxygen atoms in total. The predicted molar refractivity (Wildman–Crippen MR) is 116 cm³/mol. The Balaban J connectivity index is 1.80. The van der Waals surface area contributed by atoms with Crippen molar-refractivity contribution in [3.8, 4) is 33.8 Å². The molecule has 5 aromatic rings. The van der Waals surface area contributed by atoms with Crippen LogP contribution in [-0.4, -0.2) is 9.97 Å². The Hall–Kier alpha value is -3.78. The molecule has 0 bridgehead atoms. The second kappa shape index (κ2) is 7.09. The standard InChI is InChI=1S/C26H18N2/c1-3-11-20(12-4-1)24-18-27-25(21-13-5-2-6-14-21)26(28-24)23-17-9-15-19-10-7-8-16-22(19)23/h1-18H. The van der Waals surface area contributed by atoms with E-state index in [1.807, 2.05) is 42.6 Å². The molecule has 0 aliphatic carbocycles. The number of fused-ring (bicyclic) bond motifs is 1. The van der Waals surface area contributed by atoms with Gasteiger partial charge in [-0.05, 0) is 10.8 Å². The fourth-order valence-electron chi connectivity index (χ4n) is 3.56. The molecule has 1 aromatic heterocycles. The zero-order valence-corrected chi connectivity index (χ0v) is 15.3. The third-order valence-electron chi connectivity index (χ3n) is 4.93. The minimum absolute atomic E-state index is 0.878. The lowest BCUT2D eigenvalue weighted by atomic mass is 9.98. The van der Waals surface area contributed by atoms with E-state index in [0.717, 1.165) is 33.8 Å². The van der Waals surface area contributed by atoms with Crippen LogP contribution in [0.25, 0.3) is 44.5 Å². The Morgan fingerprint density at radius 3 is 1.93 bits per heavy atom. The summed E-state index contributed by atoms with van der Waals surface area (Å²) >= 11 is 0. The quantitative estimate of drug-likeness (QED) is 0.362. The van der Waals surface area contributed by atoms with Crippen LogP contribution in [0.5, 0.6) is 0 Å². The minimum Gasteiger partial charge on any atom is -0.252 e. The van der Waals surface area contributed by atoms with Crippen LogP contribution in [0.15, 0.2) is 109 Å². The Morgan fingerprint density at radius 2 is 1.14 bits per heavy atom. The molecule has 0 aliphatic rings. The van der Waals surface area contributed by atoms with E-state index in [4.69, 9.17) is 9.97 Å². The van der Waals surface area contributed by atoms with Crippen LogP contribution in [0.2, 0.25) is 0 Å². The van der Waals surface area contributed by atoms with Gasteiger partial charge in [-0.25, -0.2) is 4.98 Å². The molecular weight excluding hydrogens is 340 g/mol. The lowest BCUT2D eigenvalue weighted by Gasteiger charge is -2.13. The van der Waals surface area contributed by atoms with E-state index >= 15 is 0 Å². The highest BCUT2D eigenvalue weighted by Crippen LogP contribution is 2.35. The monoisotopic (exact) mass is 358 g/mol. The zero-order chi connectivity index (χ0) is 18.8. The summed E-state index contributed by atoms with van der Waals surface area (Å²) in [7, 11) is 0. The highest BCUT2D eigenvalue weighted by molar-refractivity contribution is 5.98. The van der Waals surface area contributed by atoms with Crippen molar-refractivity contribution in [1.82, 2.24) is 9.97 Å². The zero-order valence-electron chi connectivity index (χ0n) is 15.3. The van der Waals surface area contributed by atoms with Crippen molar-refractivity contribution in [2.24, 2.45) is 0 Å². The number of hydrogen-bond acceptors (Lipinski definition) is 2. The lowest BCUT2D eigenvalue weighted by Crippen LogP contribution is -1.96. The molecule has 1 heterocycles. The van der Waals surface area contributed by atoms with E-state index < -0.39 is 0 Å². The van der Waals surface area contributed by atoms with Gasteiger partial charge in [-0.2, -0.15) is 0 Å². The van der Waals surface area contributed by atoms with Gasteiger partial charge >= 0.3 is 0 Å². The van der Waals surface area contributed by atoms with E-state index in [1.54, 1.807) is 0 Å². The van der Waals surface area contributed by atoms with Gasteiger partial charge in [-0.15, -0.1) is 0 Å². The Morgan fingerprint density at radius 1 is 0.500 bits per heavy atom. The molecule has 0 saturated carbocycles. The van der Waals surface area contributed by atoms with Crippen molar-refractivity contribution in [1.29, 1.82) is 0 Å². The van der Waals surface area contributed by atoms with E-state index in [0.29, 0.717) is 0 Å². The van der Waals surface area contributed by atoms with Gasteiger partial charge in [0.1, 0.15) is 0 Å². The molecule has 0 fully saturated rings. The first kappa shape index (κ1) is 16.4.